The van der Waals surface area contributed by atoms with Crippen LogP contribution in [0.3, 0.4) is 0 Å². The second-order valence-electron chi connectivity index (χ2n) is 5.18. The largest absolute Gasteiger partial charge is 0.272 e. The summed E-state index contributed by atoms with van der Waals surface area (Å²) >= 11 is 1.79. The first-order chi connectivity index (χ1) is 10.3. The number of nitrogens with zero attached hydrogens (tertiary/aromatic N) is 2. The molecule has 3 aromatic rings. The van der Waals surface area contributed by atoms with Gasteiger partial charge in [0, 0.05) is 12.1 Å². The molecular weight excluding hydrogens is 324 g/mol. The van der Waals surface area contributed by atoms with Gasteiger partial charge in [-0.2, -0.15) is 0 Å². The predicted molar refractivity (Wildman–Crippen MR) is 89.6 cm³/mol. The Morgan fingerprint density at radius 2 is 0.909 bits per heavy atom. The molecule has 3 rings (SSSR count). The van der Waals surface area contributed by atoms with E-state index in [4.69, 9.17) is 0 Å². The first-order valence-electron chi connectivity index (χ1n) is 6.52. The summed E-state index contributed by atoms with van der Waals surface area (Å²) in [5.74, 6) is 0. The molecule has 0 aromatic carbocycles. The van der Waals surface area contributed by atoms with Crippen molar-refractivity contribution in [3.05, 3.63) is 55.3 Å². The maximum absolute atomic E-state index is 12.3. The molecule has 114 valence electrons. The fraction of sp³-hybridized carbons (Fsp3) is 0.286. The van der Waals surface area contributed by atoms with Crippen molar-refractivity contribution >= 4 is 41.5 Å². The predicted octanol–water partition coefficient (Wildman–Crippen LogP) is 1.39. The Labute approximate surface area is 132 Å². The van der Waals surface area contributed by atoms with E-state index in [1.165, 1.54) is 0 Å². The van der Waals surface area contributed by atoms with E-state index in [2.05, 4.69) is 13.8 Å². The molecule has 2 unspecified atom stereocenters. The highest BCUT2D eigenvalue weighted by molar-refractivity contribution is 7.36. The summed E-state index contributed by atoms with van der Waals surface area (Å²) in [6.07, 6.45) is 0. The number of hydrogen-bond acceptors (Lipinski definition) is 6. The van der Waals surface area contributed by atoms with Crippen molar-refractivity contribution in [1.29, 1.82) is 0 Å². The van der Waals surface area contributed by atoms with E-state index in [9.17, 15) is 19.2 Å². The van der Waals surface area contributed by atoms with Gasteiger partial charge in [-0.3, -0.25) is 28.3 Å². The summed E-state index contributed by atoms with van der Waals surface area (Å²) in [5.41, 5.74) is -1.86. The van der Waals surface area contributed by atoms with Crippen molar-refractivity contribution in [1.82, 2.24) is 9.13 Å². The van der Waals surface area contributed by atoms with Crippen LogP contribution in [0.2, 0.25) is 0 Å². The van der Waals surface area contributed by atoms with E-state index in [1.807, 2.05) is 0 Å². The van der Waals surface area contributed by atoms with Crippen molar-refractivity contribution in [2.24, 2.45) is 0 Å². The average Bonchev–Trinajstić information content (AvgIpc) is 2.82. The van der Waals surface area contributed by atoms with E-state index < -0.39 is 34.3 Å². The van der Waals surface area contributed by atoms with Crippen molar-refractivity contribution in [2.45, 2.75) is 25.9 Å². The molecule has 0 fully saturated rings. The van der Waals surface area contributed by atoms with Gasteiger partial charge in [0.25, 0.3) is 22.2 Å². The molecule has 0 N–H and O–H groups in total. The molecule has 6 nitrogen and oxygen atoms in total. The number of hydrogen-bond donors (Lipinski definition) is 0. The highest BCUT2D eigenvalue weighted by Gasteiger charge is 2.22. The third kappa shape index (κ3) is 1.83. The molecule has 0 aliphatic rings. The Kier molecular flexibility index (Phi) is 3.33. The molecule has 3 heterocycles. The number of fused-ring (bicyclic) bond motifs is 2. The van der Waals surface area contributed by atoms with Crippen LogP contribution in [0, 0.1) is 13.8 Å². The van der Waals surface area contributed by atoms with Crippen molar-refractivity contribution < 1.29 is 0 Å². The average molecular weight is 336 g/mol. The Hall–Kier alpha value is -1.80. The van der Waals surface area contributed by atoms with E-state index in [-0.39, 0.29) is 18.8 Å². The van der Waals surface area contributed by atoms with Gasteiger partial charge in [0.2, 0.25) is 0 Å². The third-order valence-corrected chi connectivity index (χ3v) is 5.94. The highest BCUT2D eigenvalue weighted by Crippen LogP contribution is 2.26. The molecule has 3 aromatic heterocycles. The Morgan fingerprint density at radius 1 is 0.682 bits per heavy atom. The standard InChI is InChI=1S/C14H12N2O4S2/c1-5(2)15-11(17)7-8(12(15)18)22-10-9(21-7)13(19)16(6(3)4)14(10)20/h5-6H,1,3H2,2,4H3. The van der Waals surface area contributed by atoms with Crippen LogP contribution in [0.5, 0.6) is 0 Å². The van der Waals surface area contributed by atoms with Crippen LogP contribution < -0.4 is 22.2 Å². The fourth-order valence-corrected chi connectivity index (χ4v) is 4.75. The van der Waals surface area contributed by atoms with E-state index in [1.54, 1.807) is 13.8 Å². The monoisotopic (exact) mass is 336 g/mol. The molecule has 2 radical (unpaired) electrons. The van der Waals surface area contributed by atoms with Gasteiger partial charge in [-0.15, -0.1) is 22.7 Å². The molecular formula is C14H12N2O4S2. The lowest BCUT2D eigenvalue weighted by atomic mass is 10.4. The second kappa shape index (κ2) is 4.85. The Bertz CT molecular complexity index is 950. The topological polar surface area (TPSA) is 78.1 Å². The summed E-state index contributed by atoms with van der Waals surface area (Å²) in [4.78, 5) is 49.2. The van der Waals surface area contributed by atoms with Crippen LogP contribution in [0.4, 0.5) is 0 Å². The highest BCUT2D eigenvalue weighted by atomic mass is 32.1. The van der Waals surface area contributed by atoms with Crippen LogP contribution in [0.25, 0.3) is 18.8 Å². The smallest absolute Gasteiger partial charge is 0.270 e. The lowest BCUT2D eigenvalue weighted by Gasteiger charge is -2.01. The molecule has 0 aliphatic carbocycles. The van der Waals surface area contributed by atoms with Gasteiger partial charge in [-0.05, 0) is 27.7 Å². The fourth-order valence-electron chi connectivity index (χ4n) is 2.38. The van der Waals surface area contributed by atoms with Crippen molar-refractivity contribution in [3.8, 4) is 0 Å². The summed E-state index contributed by atoms with van der Waals surface area (Å²) in [6, 6.07) is -1.05. The minimum atomic E-state index is -0.524. The van der Waals surface area contributed by atoms with Crippen molar-refractivity contribution in [3.63, 3.8) is 0 Å². The lowest BCUT2D eigenvalue weighted by Crippen LogP contribution is -2.27. The van der Waals surface area contributed by atoms with Gasteiger partial charge in [-0.1, -0.05) is 0 Å². The van der Waals surface area contributed by atoms with Crippen molar-refractivity contribution in [2.75, 3.05) is 0 Å². The summed E-state index contributed by atoms with van der Waals surface area (Å²) in [6.45, 7) is 10.6. The van der Waals surface area contributed by atoms with Gasteiger partial charge in [0.05, 0.1) is 0 Å². The molecule has 2 atom stereocenters. The molecule has 22 heavy (non-hydrogen) atoms. The first-order valence-corrected chi connectivity index (χ1v) is 8.15. The molecule has 0 saturated carbocycles. The molecule has 0 saturated heterocycles. The van der Waals surface area contributed by atoms with Crippen LogP contribution >= 0.6 is 22.7 Å². The van der Waals surface area contributed by atoms with Gasteiger partial charge in [-0.25, -0.2) is 0 Å². The minimum absolute atomic E-state index is 0.198. The van der Waals surface area contributed by atoms with E-state index >= 15 is 0 Å². The van der Waals surface area contributed by atoms with Crippen LogP contribution in [-0.2, 0) is 0 Å². The van der Waals surface area contributed by atoms with Gasteiger partial charge >= 0.3 is 0 Å². The maximum atomic E-state index is 12.3. The lowest BCUT2D eigenvalue weighted by molar-refractivity contribution is 0.626. The Balaban J connectivity index is 2.58. The number of aromatic nitrogens is 2. The molecule has 0 bridgehead atoms. The normalized spacial score (nSPS) is 12.3. The van der Waals surface area contributed by atoms with Gasteiger partial charge < -0.3 is 0 Å². The van der Waals surface area contributed by atoms with Gasteiger partial charge in [0.15, 0.2) is 0 Å². The van der Waals surface area contributed by atoms with Crippen LogP contribution in [-0.4, -0.2) is 9.13 Å². The molecule has 8 heteroatoms. The van der Waals surface area contributed by atoms with E-state index in [0.29, 0.717) is 0 Å². The van der Waals surface area contributed by atoms with Crippen LogP contribution in [0.1, 0.15) is 25.9 Å². The minimum Gasteiger partial charge on any atom is -0.270 e. The van der Waals surface area contributed by atoms with E-state index in [0.717, 1.165) is 31.8 Å². The second-order valence-corrected chi connectivity index (χ2v) is 7.22. The zero-order chi connectivity index (χ0) is 16.3. The Morgan fingerprint density at radius 3 is 1.09 bits per heavy atom. The SMILES string of the molecule is [CH2]C(C)n1c(=O)c2sc3c(=O)n(C([CH2])C)c(=O)c3sc2c1=O. The summed E-state index contributed by atoms with van der Waals surface area (Å²) in [5, 5.41) is 0. The maximum Gasteiger partial charge on any atom is 0.272 e. The van der Waals surface area contributed by atoms with Gasteiger partial charge in [0.1, 0.15) is 18.8 Å². The third-order valence-electron chi connectivity index (χ3n) is 3.35. The summed E-state index contributed by atoms with van der Waals surface area (Å²) in [7, 11) is 0. The zero-order valence-corrected chi connectivity index (χ0v) is 13.5. The molecule has 0 aliphatic heterocycles. The summed E-state index contributed by atoms with van der Waals surface area (Å²) < 4.78 is 2.88. The zero-order valence-electron chi connectivity index (χ0n) is 11.9. The van der Waals surface area contributed by atoms with Crippen LogP contribution in [0.15, 0.2) is 19.2 Å². The first kappa shape index (κ1) is 15.1. The quantitative estimate of drug-likeness (QED) is 0.708. The number of rotatable bonds is 2. The molecule has 0 amide bonds. The molecule has 0 spiro atoms.